The van der Waals surface area contributed by atoms with Gasteiger partial charge < -0.3 is 42.9 Å². The minimum absolute atomic E-state index is 0.0456. The lowest BCUT2D eigenvalue weighted by molar-refractivity contribution is -0.0177. The van der Waals surface area contributed by atoms with Crippen LogP contribution in [-0.4, -0.2) is 113 Å². The van der Waals surface area contributed by atoms with Gasteiger partial charge in [0, 0.05) is 12.5 Å². The van der Waals surface area contributed by atoms with Gasteiger partial charge in [-0.1, -0.05) is 48.5 Å². The number of amides is 1. The minimum atomic E-state index is -1.46. The molecule has 11 heteroatoms. The molecule has 0 spiro atoms. The van der Waals surface area contributed by atoms with Gasteiger partial charge in [-0.05, 0) is 41.9 Å². The Labute approximate surface area is 257 Å². The van der Waals surface area contributed by atoms with Crippen LogP contribution in [0, 0.1) is 0 Å². The third kappa shape index (κ3) is 14.3. The summed E-state index contributed by atoms with van der Waals surface area (Å²) in [7, 11) is -1.46. The van der Waals surface area contributed by atoms with Crippen LogP contribution in [0.3, 0.4) is 0 Å². The van der Waals surface area contributed by atoms with E-state index < -0.39 is 14.4 Å². The number of hydrogen-bond donors (Lipinski definition) is 1. The van der Waals surface area contributed by atoms with Crippen molar-refractivity contribution in [3.63, 3.8) is 0 Å². The molecular formula is C32H49NO9Si. The van der Waals surface area contributed by atoms with Crippen LogP contribution in [0.5, 0.6) is 0 Å². The van der Waals surface area contributed by atoms with Crippen molar-refractivity contribution in [3.8, 4) is 11.1 Å². The molecule has 0 heterocycles. The van der Waals surface area contributed by atoms with Gasteiger partial charge in [0.2, 0.25) is 0 Å². The summed E-state index contributed by atoms with van der Waals surface area (Å²) in [6, 6.07) is 16.5. The van der Waals surface area contributed by atoms with Crippen LogP contribution in [0.15, 0.2) is 48.5 Å². The fourth-order valence-corrected chi connectivity index (χ4v) is 5.18. The summed E-state index contributed by atoms with van der Waals surface area (Å²) in [6.45, 7) is 13.8. The first-order valence-corrected chi connectivity index (χ1v) is 18.6. The van der Waals surface area contributed by atoms with E-state index in [-0.39, 0.29) is 5.92 Å². The minimum Gasteiger partial charge on any atom is -0.449 e. The number of alkyl carbamates (subject to hydrolysis) is 1. The predicted octanol–water partition coefficient (Wildman–Crippen LogP) is 4.48. The van der Waals surface area contributed by atoms with E-state index in [0.29, 0.717) is 99.0 Å². The molecule has 240 valence electrons. The van der Waals surface area contributed by atoms with Gasteiger partial charge in [0.15, 0.2) is 8.32 Å². The second kappa shape index (κ2) is 20.6. The maximum Gasteiger partial charge on any atom is 0.407 e. The van der Waals surface area contributed by atoms with Crippen molar-refractivity contribution in [2.45, 2.75) is 25.6 Å². The number of hydrogen-bond acceptors (Lipinski definition) is 9. The van der Waals surface area contributed by atoms with Crippen LogP contribution < -0.4 is 5.32 Å². The normalized spacial score (nSPS) is 12.7. The molecule has 0 unspecified atom stereocenters. The number of benzene rings is 2. The molecule has 0 bridgehead atoms. The molecule has 0 radical (unpaired) electrons. The van der Waals surface area contributed by atoms with Gasteiger partial charge in [-0.2, -0.15) is 0 Å². The molecule has 10 nitrogen and oxygen atoms in total. The summed E-state index contributed by atoms with van der Waals surface area (Å²) in [6.07, 6.45) is -0.445. The standard InChI is InChI=1S/C32H49NO9Si/c1-43(2,3)42-25-24-40-23-22-39-21-20-38-19-18-37-17-16-36-15-14-35-13-12-33-32(34)41-26-31-29-10-6-4-8-27(29)28-9-5-7-11-30(28)31/h4-11,31H,12-26H2,1-3H3,(H,33,34). The Bertz CT molecular complexity index is 1000. The van der Waals surface area contributed by atoms with Gasteiger partial charge in [0.1, 0.15) is 6.61 Å². The summed E-state index contributed by atoms with van der Waals surface area (Å²) in [4.78, 5) is 12.2. The quantitative estimate of drug-likeness (QED) is 0.135. The van der Waals surface area contributed by atoms with Crippen LogP contribution in [0.1, 0.15) is 17.0 Å². The Balaban J connectivity index is 1.04. The van der Waals surface area contributed by atoms with Crippen LogP contribution in [0.4, 0.5) is 4.79 Å². The molecular weight excluding hydrogens is 570 g/mol. The number of fused-ring (bicyclic) bond motifs is 3. The van der Waals surface area contributed by atoms with E-state index >= 15 is 0 Å². The van der Waals surface area contributed by atoms with Gasteiger partial charge in [0.05, 0.1) is 85.9 Å². The third-order valence-corrected chi connectivity index (χ3v) is 7.55. The van der Waals surface area contributed by atoms with E-state index in [0.717, 1.165) is 0 Å². The van der Waals surface area contributed by atoms with E-state index in [1.165, 1.54) is 22.3 Å². The highest BCUT2D eigenvalue weighted by atomic mass is 28.4. The topological polar surface area (TPSA) is 103 Å². The lowest BCUT2D eigenvalue weighted by Gasteiger charge is -2.16. The Morgan fingerprint density at radius 3 is 1.44 bits per heavy atom. The van der Waals surface area contributed by atoms with Crippen molar-refractivity contribution in [2.75, 3.05) is 99.0 Å². The number of carbonyl (C=O) groups is 1. The molecule has 0 saturated heterocycles. The Kier molecular flexibility index (Phi) is 16.8. The molecule has 3 rings (SSSR count). The molecule has 0 aromatic heterocycles. The van der Waals surface area contributed by atoms with Gasteiger partial charge in [0.25, 0.3) is 0 Å². The monoisotopic (exact) mass is 619 g/mol. The molecule has 1 aliphatic carbocycles. The van der Waals surface area contributed by atoms with Gasteiger partial charge in [-0.25, -0.2) is 4.79 Å². The second-order valence-electron chi connectivity index (χ2n) is 10.9. The molecule has 0 saturated carbocycles. The van der Waals surface area contributed by atoms with E-state index in [4.69, 9.17) is 37.6 Å². The fourth-order valence-electron chi connectivity index (χ4n) is 4.48. The molecule has 0 fully saturated rings. The largest absolute Gasteiger partial charge is 0.449 e. The van der Waals surface area contributed by atoms with Crippen molar-refractivity contribution in [1.29, 1.82) is 0 Å². The number of carbonyl (C=O) groups excluding carboxylic acids is 1. The molecule has 0 atom stereocenters. The van der Waals surface area contributed by atoms with E-state index in [2.05, 4.69) is 49.2 Å². The number of nitrogens with one attached hydrogen (secondary N) is 1. The van der Waals surface area contributed by atoms with Crippen molar-refractivity contribution < 1.29 is 42.4 Å². The highest BCUT2D eigenvalue weighted by Gasteiger charge is 2.28. The van der Waals surface area contributed by atoms with Crippen LogP contribution >= 0.6 is 0 Å². The zero-order chi connectivity index (χ0) is 30.6. The van der Waals surface area contributed by atoms with Crippen LogP contribution in [0.2, 0.25) is 19.6 Å². The summed E-state index contributed by atoms with van der Waals surface area (Å²) < 4.78 is 44.2. The lowest BCUT2D eigenvalue weighted by atomic mass is 9.98. The zero-order valence-corrected chi connectivity index (χ0v) is 27.0. The summed E-state index contributed by atoms with van der Waals surface area (Å²) in [5, 5.41) is 2.74. The smallest absolute Gasteiger partial charge is 0.407 e. The number of rotatable bonds is 24. The van der Waals surface area contributed by atoms with Crippen molar-refractivity contribution >= 4 is 14.4 Å². The maximum absolute atomic E-state index is 12.2. The van der Waals surface area contributed by atoms with Crippen molar-refractivity contribution in [1.82, 2.24) is 5.32 Å². The first kappa shape index (κ1) is 35.1. The van der Waals surface area contributed by atoms with Gasteiger partial charge >= 0.3 is 6.09 Å². The predicted molar refractivity (Wildman–Crippen MR) is 167 cm³/mol. The molecule has 1 N–H and O–H groups in total. The van der Waals surface area contributed by atoms with E-state index in [1.54, 1.807) is 0 Å². The molecule has 2 aromatic rings. The Morgan fingerprint density at radius 1 is 0.605 bits per heavy atom. The molecule has 0 aliphatic heterocycles. The maximum atomic E-state index is 12.2. The summed E-state index contributed by atoms with van der Waals surface area (Å²) in [5.41, 5.74) is 4.79. The first-order chi connectivity index (χ1) is 21.0. The van der Waals surface area contributed by atoms with E-state index in [1.807, 2.05) is 24.3 Å². The van der Waals surface area contributed by atoms with E-state index in [9.17, 15) is 4.79 Å². The molecule has 2 aromatic carbocycles. The molecule has 43 heavy (non-hydrogen) atoms. The average Bonchev–Trinajstić information content (AvgIpc) is 3.31. The Hall–Kier alpha value is -2.35. The van der Waals surface area contributed by atoms with Gasteiger partial charge in [-0.15, -0.1) is 0 Å². The molecule has 1 amide bonds. The number of ether oxygens (including phenoxy) is 7. The SMILES string of the molecule is C[Si](C)(C)OCCOCCOCCOCCOCCOCCOCCNC(=O)OCC1c2ccccc2-c2ccccc21. The highest BCUT2D eigenvalue weighted by Crippen LogP contribution is 2.44. The van der Waals surface area contributed by atoms with Crippen molar-refractivity contribution in [3.05, 3.63) is 59.7 Å². The lowest BCUT2D eigenvalue weighted by Crippen LogP contribution is -2.29. The van der Waals surface area contributed by atoms with Crippen molar-refractivity contribution in [2.24, 2.45) is 0 Å². The highest BCUT2D eigenvalue weighted by molar-refractivity contribution is 6.69. The van der Waals surface area contributed by atoms with Crippen LogP contribution in [-0.2, 0) is 37.6 Å². The van der Waals surface area contributed by atoms with Crippen LogP contribution in [0.25, 0.3) is 11.1 Å². The second-order valence-corrected chi connectivity index (χ2v) is 15.4. The first-order valence-electron chi connectivity index (χ1n) is 15.1. The summed E-state index contributed by atoms with van der Waals surface area (Å²) in [5.74, 6) is 0.0456. The Morgan fingerprint density at radius 2 is 1.00 bits per heavy atom. The molecule has 1 aliphatic rings. The van der Waals surface area contributed by atoms with Gasteiger partial charge in [-0.3, -0.25) is 0 Å². The third-order valence-electron chi connectivity index (χ3n) is 6.48. The fraction of sp³-hybridized carbons (Fsp3) is 0.594. The zero-order valence-electron chi connectivity index (χ0n) is 26.0. The summed E-state index contributed by atoms with van der Waals surface area (Å²) >= 11 is 0. The average molecular weight is 620 g/mol.